The van der Waals surface area contributed by atoms with Gasteiger partial charge in [0.1, 0.15) is 0 Å². The molecular weight excluding hydrogens is 262 g/mol. The maximum Gasteiger partial charge on any atom is 0.305 e. The fourth-order valence-corrected chi connectivity index (χ4v) is 2.23. The number of carboxylic acid groups (broad SMARTS) is 1. The minimum atomic E-state index is -0.909. The molecule has 0 heterocycles. The number of rotatable bonds is 4. The summed E-state index contributed by atoms with van der Waals surface area (Å²) in [7, 11) is 0. The first-order valence-corrected chi connectivity index (χ1v) is 6.28. The Labute approximate surface area is 116 Å². The molecule has 0 saturated carbocycles. The summed E-state index contributed by atoms with van der Waals surface area (Å²) in [6, 6.07) is 14.4. The summed E-state index contributed by atoms with van der Waals surface area (Å²) in [6.45, 7) is 0. The van der Waals surface area contributed by atoms with Crippen molar-refractivity contribution >= 4 is 17.6 Å². The van der Waals surface area contributed by atoms with E-state index in [2.05, 4.69) is 0 Å². The number of halogens is 1. The van der Waals surface area contributed by atoms with Crippen molar-refractivity contribution in [1.82, 2.24) is 0 Å². The number of nitrogens with two attached hydrogens (primary N) is 1. The van der Waals surface area contributed by atoms with E-state index in [-0.39, 0.29) is 6.42 Å². The Balaban J connectivity index is 2.44. The smallest absolute Gasteiger partial charge is 0.305 e. The third-order valence-corrected chi connectivity index (χ3v) is 3.13. The molecule has 0 aliphatic heterocycles. The predicted octanol–water partition coefficient (Wildman–Crippen LogP) is 3.48. The molecule has 2 aromatic carbocycles. The van der Waals surface area contributed by atoms with Gasteiger partial charge in [0, 0.05) is 11.1 Å². The quantitative estimate of drug-likeness (QED) is 0.898. The monoisotopic (exact) mass is 275 g/mol. The van der Waals surface area contributed by atoms with Crippen molar-refractivity contribution in [1.29, 1.82) is 0 Å². The van der Waals surface area contributed by atoms with Crippen molar-refractivity contribution in [3.63, 3.8) is 0 Å². The van der Waals surface area contributed by atoms with E-state index in [0.717, 1.165) is 16.7 Å². The van der Waals surface area contributed by atoms with Crippen LogP contribution in [-0.4, -0.2) is 11.1 Å². The maximum absolute atomic E-state index is 10.8. The normalized spacial score (nSPS) is 12.1. The number of hydrogen-bond acceptors (Lipinski definition) is 2. The molecule has 1 unspecified atom stereocenters. The second-order valence-electron chi connectivity index (χ2n) is 4.30. The minimum Gasteiger partial charge on any atom is -0.481 e. The summed E-state index contributed by atoms with van der Waals surface area (Å²) in [5.74, 6) is -0.909. The van der Waals surface area contributed by atoms with Gasteiger partial charge < -0.3 is 10.8 Å². The van der Waals surface area contributed by atoms with E-state index in [4.69, 9.17) is 22.4 Å². The van der Waals surface area contributed by atoms with Crippen LogP contribution < -0.4 is 5.73 Å². The van der Waals surface area contributed by atoms with Crippen LogP contribution in [0.5, 0.6) is 0 Å². The summed E-state index contributed by atoms with van der Waals surface area (Å²) < 4.78 is 0. The van der Waals surface area contributed by atoms with Crippen molar-refractivity contribution in [3.8, 4) is 11.1 Å². The first-order valence-electron chi connectivity index (χ1n) is 5.90. The molecule has 0 aliphatic rings. The van der Waals surface area contributed by atoms with Crippen LogP contribution in [-0.2, 0) is 4.79 Å². The molecule has 3 nitrogen and oxygen atoms in total. The van der Waals surface area contributed by atoms with Crippen LogP contribution in [0.2, 0.25) is 5.02 Å². The van der Waals surface area contributed by atoms with Gasteiger partial charge in [0.2, 0.25) is 0 Å². The highest BCUT2D eigenvalue weighted by molar-refractivity contribution is 6.30. The number of benzene rings is 2. The van der Waals surface area contributed by atoms with Gasteiger partial charge in [-0.05, 0) is 28.8 Å². The fraction of sp³-hybridized carbons (Fsp3) is 0.133. The lowest BCUT2D eigenvalue weighted by molar-refractivity contribution is -0.137. The molecule has 4 heteroatoms. The van der Waals surface area contributed by atoms with E-state index in [0.29, 0.717) is 5.02 Å². The summed E-state index contributed by atoms with van der Waals surface area (Å²) in [4.78, 5) is 10.8. The van der Waals surface area contributed by atoms with E-state index in [1.54, 1.807) is 6.07 Å². The second-order valence-corrected chi connectivity index (χ2v) is 4.74. The number of hydrogen-bond donors (Lipinski definition) is 2. The van der Waals surface area contributed by atoms with Crippen molar-refractivity contribution < 1.29 is 9.90 Å². The molecule has 2 rings (SSSR count). The zero-order valence-corrected chi connectivity index (χ0v) is 11.0. The maximum atomic E-state index is 10.8. The van der Waals surface area contributed by atoms with Crippen molar-refractivity contribution in [2.75, 3.05) is 0 Å². The fourth-order valence-electron chi connectivity index (χ4n) is 2.04. The van der Waals surface area contributed by atoms with Crippen LogP contribution in [0, 0.1) is 0 Å². The molecule has 19 heavy (non-hydrogen) atoms. The Hall–Kier alpha value is -1.84. The average Bonchev–Trinajstić information content (AvgIpc) is 2.38. The van der Waals surface area contributed by atoms with Crippen LogP contribution in [0.15, 0.2) is 48.5 Å². The van der Waals surface area contributed by atoms with Gasteiger partial charge in [0.25, 0.3) is 0 Å². The number of carbonyl (C=O) groups is 1. The van der Waals surface area contributed by atoms with Gasteiger partial charge >= 0.3 is 5.97 Å². The molecular formula is C15H14ClNO2. The summed E-state index contributed by atoms with van der Waals surface area (Å²) in [6.07, 6.45) is -0.0996. The van der Waals surface area contributed by atoms with Crippen molar-refractivity contribution in [3.05, 3.63) is 59.1 Å². The highest BCUT2D eigenvalue weighted by Crippen LogP contribution is 2.30. The van der Waals surface area contributed by atoms with Gasteiger partial charge in [-0.1, -0.05) is 48.0 Å². The van der Waals surface area contributed by atoms with Gasteiger partial charge in [-0.15, -0.1) is 0 Å². The van der Waals surface area contributed by atoms with E-state index >= 15 is 0 Å². The Kier molecular flexibility index (Phi) is 4.20. The summed E-state index contributed by atoms with van der Waals surface area (Å²) in [5.41, 5.74) is 8.62. The molecule has 3 N–H and O–H groups in total. The first kappa shape index (κ1) is 13.6. The summed E-state index contributed by atoms with van der Waals surface area (Å²) >= 11 is 5.99. The van der Waals surface area contributed by atoms with Crippen LogP contribution in [0.1, 0.15) is 18.0 Å². The molecule has 0 aliphatic carbocycles. The molecule has 0 spiro atoms. The third kappa shape index (κ3) is 3.34. The zero-order valence-electron chi connectivity index (χ0n) is 10.2. The number of carboxylic acids is 1. The molecule has 0 amide bonds. The SMILES string of the molecule is NC(CC(=O)O)c1ccccc1-c1cccc(Cl)c1. The average molecular weight is 276 g/mol. The molecule has 0 aromatic heterocycles. The molecule has 98 valence electrons. The molecule has 0 fully saturated rings. The van der Waals surface area contributed by atoms with Crippen molar-refractivity contribution in [2.24, 2.45) is 5.73 Å². The topological polar surface area (TPSA) is 63.3 Å². The Morgan fingerprint density at radius 3 is 2.63 bits per heavy atom. The van der Waals surface area contributed by atoms with Gasteiger partial charge in [-0.3, -0.25) is 4.79 Å². The lowest BCUT2D eigenvalue weighted by Crippen LogP contribution is -2.15. The number of aliphatic carboxylic acids is 1. The molecule has 0 radical (unpaired) electrons. The Morgan fingerprint density at radius 1 is 1.21 bits per heavy atom. The van der Waals surface area contributed by atoms with Gasteiger partial charge in [-0.25, -0.2) is 0 Å². The zero-order chi connectivity index (χ0) is 13.8. The van der Waals surface area contributed by atoms with Crippen LogP contribution >= 0.6 is 11.6 Å². The minimum absolute atomic E-state index is 0.0996. The summed E-state index contributed by atoms with van der Waals surface area (Å²) in [5, 5.41) is 9.49. The highest BCUT2D eigenvalue weighted by atomic mass is 35.5. The van der Waals surface area contributed by atoms with E-state index in [1.165, 1.54) is 0 Å². The molecule has 1 atom stereocenters. The second kappa shape index (κ2) is 5.87. The lowest BCUT2D eigenvalue weighted by Gasteiger charge is -2.15. The highest BCUT2D eigenvalue weighted by Gasteiger charge is 2.15. The van der Waals surface area contributed by atoms with Gasteiger partial charge in [0.05, 0.1) is 6.42 Å². The lowest BCUT2D eigenvalue weighted by atomic mass is 9.94. The third-order valence-electron chi connectivity index (χ3n) is 2.89. The molecule has 2 aromatic rings. The Morgan fingerprint density at radius 2 is 1.95 bits per heavy atom. The van der Waals surface area contributed by atoms with Gasteiger partial charge in [-0.2, -0.15) is 0 Å². The predicted molar refractivity (Wildman–Crippen MR) is 76.1 cm³/mol. The molecule has 0 saturated heterocycles. The first-order chi connectivity index (χ1) is 9.08. The van der Waals surface area contributed by atoms with Crippen LogP contribution in [0.3, 0.4) is 0 Å². The largest absolute Gasteiger partial charge is 0.481 e. The van der Waals surface area contributed by atoms with Crippen LogP contribution in [0.4, 0.5) is 0 Å². The van der Waals surface area contributed by atoms with E-state index in [1.807, 2.05) is 42.5 Å². The van der Waals surface area contributed by atoms with Crippen molar-refractivity contribution in [2.45, 2.75) is 12.5 Å². The van der Waals surface area contributed by atoms with Gasteiger partial charge in [0.15, 0.2) is 0 Å². The standard InChI is InChI=1S/C15H14ClNO2/c16-11-5-3-4-10(8-11)12-6-1-2-7-13(12)14(17)9-15(18)19/h1-8,14H,9,17H2,(H,18,19). The van der Waals surface area contributed by atoms with E-state index < -0.39 is 12.0 Å². The Bertz CT molecular complexity index is 598. The molecule has 0 bridgehead atoms. The van der Waals surface area contributed by atoms with E-state index in [9.17, 15) is 4.79 Å². The van der Waals surface area contributed by atoms with Crippen LogP contribution in [0.25, 0.3) is 11.1 Å².